The van der Waals surface area contributed by atoms with Crippen LogP contribution in [0.4, 0.5) is 21.5 Å². The Bertz CT molecular complexity index is 3510. The lowest BCUT2D eigenvalue weighted by Gasteiger charge is -2.29. The molecule has 0 aromatic heterocycles. The van der Waals surface area contributed by atoms with Crippen LogP contribution in [-0.2, 0) is 52.8 Å². The molecule has 0 saturated heterocycles. The molecule has 6 aromatic carbocycles. The molecule has 0 unspecified atom stereocenters. The highest BCUT2D eigenvalue weighted by Gasteiger charge is 2.38. The molecule has 4 aliphatic rings. The first-order valence-electron chi connectivity index (χ1n) is 23.8. The standard InChI is InChI=1S/C53H45FN8O18/c1-76-33-12-10-29(11-13-33)45-50(66)56-36(53(69)78-3)19-28-9-16-41(39(21-28)62(74)75)80-43-25-31-24-42(48(43)77-2)79-40-15-8-27(20-38(40)61(72)73)18-35(55-44(64)22-26-7-14-37(60(70)71)34(54)17-26)49(65)57-46(30-5-4-6-32(63)23-30)51(67)59-47(31)52(68)58-45/h4-17,20-21,23-25,35-36,45-47,63H,18-19,22H2,1-3H3,(H,55,64)(H,56,66)(H,57,65)(H,58,68)(H,59,67)/t35-,36+,45-,46+,47-/m1/s1. The largest absolute Gasteiger partial charge is 0.508 e. The van der Waals surface area contributed by atoms with Crippen LogP contribution in [0, 0.1) is 36.2 Å². The number of ether oxygens (including phenoxy) is 5. The maximum atomic E-state index is 15.3. The lowest BCUT2D eigenvalue weighted by atomic mass is 9.98. The SMILES string of the molecule is COC(=O)[C@@H]1Cc2ccc(c([N+](=O)[O-])c2)Oc2cc3cc(c2OC)Oc2ccc(cc2[N+](=O)[O-])C[C@@H](NC(=O)Cc2ccc([N+](=O)[O-])c(F)c2)C(=O)N[C@@H](c2cccc(O)c2)C(=O)N[C@H]3C(=O)N[C@H](c2ccc(OC)cc2)C(=O)N1. The number of carbonyl (C=O) groups excluding carboxylic acids is 6. The zero-order valence-electron chi connectivity index (χ0n) is 42.1. The number of phenolic OH excluding ortho intramolecular Hbond substituents is 1. The molecule has 6 aromatic rings. The van der Waals surface area contributed by atoms with Gasteiger partial charge in [0, 0.05) is 31.0 Å². The number of hydrogen-bond donors (Lipinski definition) is 6. The van der Waals surface area contributed by atoms with Gasteiger partial charge in [-0.3, -0.25) is 54.3 Å². The highest BCUT2D eigenvalue weighted by atomic mass is 19.1. The van der Waals surface area contributed by atoms with Crippen molar-refractivity contribution >= 4 is 52.6 Å². The van der Waals surface area contributed by atoms with Gasteiger partial charge < -0.3 is 55.4 Å². The first kappa shape index (κ1) is 55.5. The molecule has 4 heterocycles. The second-order valence-corrected chi connectivity index (χ2v) is 17.9. The third kappa shape index (κ3) is 12.4. The predicted molar refractivity (Wildman–Crippen MR) is 273 cm³/mol. The van der Waals surface area contributed by atoms with Gasteiger partial charge in [0.2, 0.25) is 52.6 Å². The molecular weight excluding hydrogens is 1060 g/mol. The second kappa shape index (κ2) is 23.7. The van der Waals surface area contributed by atoms with E-state index in [4.69, 9.17) is 23.7 Å². The third-order valence-corrected chi connectivity index (χ3v) is 12.7. The summed E-state index contributed by atoms with van der Waals surface area (Å²) in [5.41, 5.74) is -2.56. The number of nitro groups is 3. The van der Waals surface area contributed by atoms with Crippen LogP contribution in [-0.4, -0.2) is 88.8 Å². The fourth-order valence-corrected chi connectivity index (χ4v) is 8.80. The van der Waals surface area contributed by atoms with Crippen molar-refractivity contribution < 1.29 is 76.7 Å². The summed E-state index contributed by atoms with van der Waals surface area (Å²) in [6.45, 7) is 0. The number of esters is 1. The number of nitrogens with zero attached hydrogens (tertiary/aromatic N) is 3. The summed E-state index contributed by atoms with van der Waals surface area (Å²) >= 11 is 0. The van der Waals surface area contributed by atoms with Crippen LogP contribution in [0.25, 0.3) is 0 Å². The number of methoxy groups -OCH3 is 3. The van der Waals surface area contributed by atoms with Crippen molar-refractivity contribution in [2.45, 2.75) is 49.5 Å². The quantitative estimate of drug-likeness (QED) is 0.0549. The van der Waals surface area contributed by atoms with Gasteiger partial charge in [0.25, 0.3) is 0 Å². The van der Waals surface area contributed by atoms with Crippen molar-refractivity contribution in [1.82, 2.24) is 26.6 Å². The zero-order valence-corrected chi connectivity index (χ0v) is 42.1. The highest BCUT2D eigenvalue weighted by Crippen LogP contribution is 2.47. The molecule has 0 saturated carbocycles. The van der Waals surface area contributed by atoms with Crippen LogP contribution in [0.15, 0.2) is 115 Å². The Kier molecular flexibility index (Phi) is 16.4. The average Bonchev–Trinajstić information content (AvgIpc) is 3.45. The molecule has 27 heteroatoms. The number of nitro benzene ring substituents is 3. The summed E-state index contributed by atoms with van der Waals surface area (Å²) in [7, 11) is 3.55. The van der Waals surface area contributed by atoms with E-state index in [0.29, 0.717) is 5.75 Å². The number of rotatable bonds is 11. The van der Waals surface area contributed by atoms with Gasteiger partial charge in [-0.05, 0) is 88.0 Å². The molecule has 4 aliphatic heterocycles. The van der Waals surface area contributed by atoms with E-state index in [-0.39, 0.29) is 39.1 Å². The van der Waals surface area contributed by atoms with Crippen LogP contribution >= 0.6 is 0 Å². The van der Waals surface area contributed by atoms with E-state index in [1.165, 1.54) is 67.8 Å². The molecular formula is C53H45FN8O18. The van der Waals surface area contributed by atoms with Crippen molar-refractivity contribution in [1.29, 1.82) is 0 Å². The molecule has 412 valence electrons. The summed E-state index contributed by atoms with van der Waals surface area (Å²) in [6.07, 6.45) is -1.60. The number of phenols is 1. The fraction of sp³-hybridized carbons (Fsp3) is 0.208. The summed E-state index contributed by atoms with van der Waals surface area (Å²) < 4.78 is 43.1. The monoisotopic (exact) mass is 1100 g/mol. The first-order chi connectivity index (χ1) is 38.2. The van der Waals surface area contributed by atoms with Crippen LogP contribution in [0.3, 0.4) is 0 Å². The molecule has 80 heavy (non-hydrogen) atoms. The number of amides is 5. The van der Waals surface area contributed by atoms with Crippen molar-refractivity contribution in [3.8, 4) is 40.2 Å². The zero-order chi connectivity index (χ0) is 57.5. The van der Waals surface area contributed by atoms with Crippen molar-refractivity contribution in [3.05, 3.63) is 185 Å². The number of fused-ring (bicyclic) bond motifs is 16. The molecule has 0 spiro atoms. The van der Waals surface area contributed by atoms with Gasteiger partial charge in [-0.25, -0.2) is 4.79 Å². The van der Waals surface area contributed by atoms with E-state index in [1.807, 2.05) is 0 Å². The van der Waals surface area contributed by atoms with Crippen molar-refractivity contribution in [2.75, 3.05) is 21.3 Å². The van der Waals surface area contributed by atoms with Crippen LogP contribution < -0.4 is 45.5 Å². The number of aromatic hydroxyl groups is 1. The molecule has 10 rings (SSSR count). The predicted octanol–water partition coefficient (Wildman–Crippen LogP) is 5.23. The Morgan fingerprint density at radius 2 is 1.16 bits per heavy atom. The molecule has 5 amide bonds. The Labute approximate surface area is 450 Å². The maximum absolute atomic E-state index is 15.3. The molecule has 0 fully saturated rings. The Balaban J connectivity index is 1.34. The molecule has 5 atom stereocenters. The Morgan fingerprint density at radius 3 is 1.70 bits per heavy atom. The molecule has 26 nitrogen and oxygen atoms in total. The van der Waals surface area contributed by atoms with Gasteiger partial charge in [-0.2, -0.15) is 4.39 Å². The fourth-order valence-electron chi connectivity index (χ4n) is 8.80. The molecule has 7 bridgehead atoms. The van der Waals surface area contributed by atoms with Gasteiger partial charge in [0.05, 0.1) is 42.5 Å². The topological polar surface area (TPSA) is 358 Å². The number of hydrogen-bond acceptors (Lipinski definition) is 18. The van der Waals surface area contributed by atoms with Gasteiger partial charge in [0.15, 0.2) is 11.5 Å². The molecule has 6 N–H and O–H groups in total. The Hall–Kier alpha value is -10.7. The third-order valence-electron chi connectivity index (χ3n) is 12.7. The summed E-state index contributed by atoms with van der Waals surface area (Å²) in [5.74, 6) is -10.1. The van der Waals surface area contributed by atoms with Gasteiger partial charge in [-0.1, -0.05) is 42.5 Å². The number of benzene rings is 6. The maximum Gasteiger partial charge on any atom is 0.328 e. The van der Waals surface area contributed by atoms with Crippen LogP contribution in [0.5, 0.6) is 40.2 Å². The lowest BCUT2D eigenvalue weighted by molar-refractivity contribution is -0.387. The minimum absolute atomic E-state index is 0.0232. The van der Waals surface area contributed by atoms with Crippen molar-refractivity contribution in [3.63, 3.8) is 0 Å². The lowest BCUT2D eigenvalue weighted by Crippen LogP contribution is -2.53. The van der Waals surface area contributed by atoms with Gasteiger partial charge >= 0.3 is 23.0 Å². The van der Waals surface area contributed by atoms with E-state index < -0.39 is 151 Å². The number of carbonyl (C=O) groups is 6. The van der Waals surface area contributed by atoms with E-state index in [0.717, 1.165) is 68.8 Å². The normalized spacial score (nSPS) is 18.2. The first-order valence-corrected chi connectivity index (χ1v) is 23.8. The summed E-state index contributed by atoms with van der Waals surface area (Å²) in [6, 6.07) is 13.6. The summed E-state index contributed by atoms with van der Waals surface area (Å²) in [4.78, 5) is 121. The van der Waals surface area contributed by atoms with Crippen LogP contribution in [0.2, 0.25) is 0 Å². The second-order valence-electron chi connectivity index (χ2n) is 17.9. The van der Waals surface area contributed by atoms with Crippen molar-refractivity contribution in [2.24, 2.45) is 0 Å². The van der Waals surface area contributed by atoms with E-state index in [1.54, 1.807) is 0 Å². The van der Waals surface area contributed by atoms with E-state index in [2.05, 4.69) is 26.6 Å². The number of halogens is 1. The van der Waals surface area contributed by atoms with E-state index >= 15 is 9.59 Å². The molecule has 0 radical (unpaired) electrons. The van der Waals surface area contributed by atoms with Gasteiger partial charge in [-0.15, -0.1) is 0 Å². The average molecular weight is 1100 g/mol. The number of nitrogens with one attached hydrogen (secondary N) is 5. The smallest absolute Gasteiger partial charge is 0.328 e. The Morgan fingerprint density at radius 1 is 0.613 bits per heavy atom. The summed E-state index contributed by atoms with van der Waals surface area (Å²) in [5, 5.41) is 60.3. The highest BCUT2D eigenvalue weighted by molar-refractivity contribution is 5.98. The minimum atomic E-state index is -2.08. The van der Waals surface area contributed by atoms with Gasteiger partial charge in [0.1, 0.15) is 41.7 Å². The van der Waals surface area contributed by atoms with E-state index in [9.17, 15) is 59.0 Å². The minimum Gasteiger partial charge on any atom is -0.508 e. The molecule has 0 aliphatic carbocycles. The van der Waals surface area contributed by atoms with Crippen LogP contribution in [0.1, 0.15) is 51.5 Å².